The van der Waals surface area contributed by atoms with Gasteiger partial charge in [0.15, 0.2) is 0 Å². The third-order valence-electron chi connectivity index (χ3n) is 5.36. The Bertz CT molecular complexity index is 896. The third-order valence-corrected chi connectivity index (χ3v) is 5.61. The average molecular weight is 388 g/mol. The Balaban J connectivity index is 1.38. The van der Waals surface area contributed by atoms with Crippen LogP contribution in [0.2, 0.25) is 5.02 Å². The number of carbonyl (C=O) groups excluding carboxylic acids is 1. The van der Waals surface area contributed by atoms with Gasteiger partial charge in [0.2, 0.25) is 0 Å². The molecule has 0 spiro atoms. The van der Waals surface area contributed by atoms with E-state index in [1.165, 1.54) is 10.6 Å². The van der Waals surface area contributed by atoms with Crippen molar-refractivity contribution in [3.63, 3.8) is 0 Å². The number of fused-ring (bicyclic) bond motifs is 1. The summed E-state index contributed by atoms with van der Waals surface area (Å²) in [5.74, 6) is -0.201. The summed E-state index contributed by atoms with van der Waals surface area (Å²) in [5, 5.41) is 3.77. The Morgan fingerprint density at radius 1 is 1.22 bits per heavy atom. The Hall–Kier alpha value is -2.15. The van der Waals surface area contributed by atoms with Crippen molar-refractivity contribution in [3.05, 3.63) is 69.1 Å². The first-order valence-electron chi connectivity index (χ1n) is 9.08. The number of hydrogen-bond donors (Lipinski definition) is 1. The predicted octanol–water partition coefficient (Wildman–Crippen LogP) is 1.98. The van der Waals surface area contributed by atoms with Gasteiger partial charge >= 0.3 is 0 Å². The predicted molar refractivity (Wildman–Crippen MR) is 103 cm³/mol. The molecule has 1 aromatic heterocycles. The third kappa shape index (κ3) is 3.93. The molecular formula is C20H22ClN3O3. The first-order valence-corrected chi connectivity index (χ1v) is 9.46. The second-order valence-electron chi connectivity index (χ2n) is 7.25. The lowest BCUT2D eigenvalue weighted by molar-refractivity contribution is -0.0502. The largest absolute Gasteiger partial charge is 0.371 e. The maximum absolute atomic E-state index is 12.5. The van der Waals surface area contributed by atoms with Gasteiger partial charge in [-0.15, -0.1) is 0 Å². The van der Waals surface area contributed by atoms with Crippen molar-refractivity contribution < 1.29 is 9.53 Å². The number of halogens is 1. The smallest absolute Gasteiger partial charge is 0.251 e. The number of carbonyl (C=O) groups is 1. The molecule has 1 amide bonds. The summed E-state index contributed by atoms with van der Waals surface area (Å²) in [4.78, 5) is 26.6. The fraction of sp³-hybridized carbons (Fsp3) is 0.400. The number of hydrogen-bond acceptors (Lipinski definition) is 4. The summed E-state index contributed by atoms with van der Waals surface area (Å²) in [6, 6.07) is 11.2. The number of pyridine rings is 1. The van der Waals surface area contributed by atoms with Gasteiger partial charge in [-0.2, -0.15) is 0 Å². The van der Waals surface area contributed by atoms with Crippen molar-refractivity contribution in [2.45, 2.75) is 24.6 Å². The van der Waals surface area contributed by atoms with Gasteiger partial charge in [-0.3, -0.25) is 14.5 Å². The SMILES string of the molecule is Cn1ccc(C(=O)N[C@H]2C[C@H]3CO[C@@H](c4ccc(Cl)cc4)CN3C2)cc1=O. The number of ether oxygens (including phenoxy) is 1. The fourth-order valence-corrected chi connectivity index (χ4v) is 3.94. The molecule has 3 heterocycles. The van der Waals surface area contributed by atoms with Crippen molar-refractivity contribution in [1.82, 2.24) is 14.8 Å². The van der Waals surface area contributed by atoms with Crippen LogP contribution in [0.25, 0.3) is 0 Å². The van der Waals surface area contributed by atoms with Crippen LogP contribution >= 0.6 is 11.6 Å². The van der Waals surface area contributed by atoms with E-state index in [0.717, 1.165) is 25.1 Å². The standard InChI is InChI=1S/C20H22ClN3O3/c1-23-7-6-14(8-19(23)25)20(26)22-16-9-17-12-27-18(11-24(17)10-16)13-2-4-15(21)5-3-13/h2-8,16-18H,9-12H2,1H3,(H,22,26)/t16-,17-,18+/m0/s1. The Morgan fingerprint density at radius 3 is 2.74 bits per heavy atom. The van der Waals surface area contributed by atoms with E-state index >= 15 is 0 Å². The highest BCUT2D eigenvalue weighted by molar-refractivity contribution is 6.30. The van der Waals surface area contributed by atoms with Crippen LogP contribution in [-0.4, -0.2) is 47.2 Å². The molecule has 3 atom stereocenters. The molecule has 2 aliphatic rings. The van der Waals surface area contributed by atoms with Gasteiger partial charge in [0.25, 0.3) is 11.5 Å². The molecule has 2 aromatic rings. The lowest BCUT2D eigenvalue weighted by Gasteiger charge is -2.35. The van der Waals surface area contributed by atoms with Gasteiger partial charge in [-0.1, -0.05) is 23.7 Å². The summed E-state index contributed by atoms with van der Waals surface area (Å²) in [6.07, 6.45) is 2.48. The molecule has 6 nitrogen and oxygen atoms in total. The lowest BCUT2D eigenvalue weighted by atomic mass is 10.1. The van der Waals surface area contributed by atoms with Crippen LogP contribution in [-0.2, 0) is 11.8 Å². The van der Waals surface area contributed by atoms with E-state index < -0.39 is 0 Å². The Morgan fingerprint density at radius 2 is 2.00 bits per heavy atom. The number of morpholine rings is 1. The van der Waals surface area contributed by atoms with Crippen LogP contribution in [0.15, 0.2) is 47.4 Å². The molecule has 2 aliphatic heterocycles. The number of nitrogens with zero attached hydrogens (tertiary/aromatic N) is 2. The zero-order valence-electron chi connectivity index (χ0n) is 15.1. The van der Waals surface area contributed by atoms with Crippen molar-refractivity contribution >= 4 is 17.5 Å². The van der Waals surface area contributed by atoms with Gasteiger partial charge in [-0.05, 0) is 30.2 Å². The number of aryl methyl sites for hydroxylation is 1. The van der Waals surface area contributed by atoms with Gasteiger partial charge in [0, 0.05) is 55.1 Å². The summed E-state index contributed by atoms with van der Waals surface area (Å²) >= 11 is 5.96. The monoisotopic (exact) mass is 387 g/mol. The van der Waals surface area contributed by atoms with E-state index in [2.05, 4.69) is 10.2 Å². The van der Waals surface area contributed by atoms with E-state index in [0.29, 0.717) is 23.2 Å². The molecule has 7 heteroatoms. The molecule has 4 rings (SSSR count). The normalized spacial score (nSPS) is 25.2. The molecule has 0 unspecified atom stereocenters. The van der Waals surface area contributed by atoms with Crippen LogP contribution in [0, 0.1) is 0 Å². The molecule has 0 radical (unpaired) electrons. The van der Waals surface area contributed by atoms with Crippen molar-refractivity contribution in [2.24, 2.45) is 7.05 Å². The van der Waals surface area contributed by atoms with Gasteiger partial charge in [-0.25, -0.2) is 0 Å². The van der Waals surface area contributed by atoms with E-state index in [-0.39, 0.29) is 23.6 Å². The summed E-state index contributed by atoms with van der Waals surface area (Å²) in [6.45, 7) is 2.23. The number of benzene rings is 1. The number of amides is 1. The van der Waals surface area contributed by atoms with Crippen molar-refractivity contribution in [1.29, 1.82) is 0 Å². The van der Waals surface area contributed by atoms with Gasteiger partial charge in [0.05, 0.1) is 12.7 Å². The highest BCUT2D eigenvalue weighted by Gasteiger charge is 2.38. The van der Waals surface area contributed by atoms with Crippen LogP contribution < -0.4 is 10.9 Å². The molecule has 0 saturated carbocycles. The molecule has 1 N–H and O–H groups in total. The highest BCUT2D eigenvalue weighted by atomic mass is 35.5. The second kappa shape index (κ2) is 7.46. The summed E-state index contributed by atoms with van der Waals surface area (Å²) in [7, 11) is 1.66. The topological polar surface area (TPSA) is 63.6 Å². The van der Waals surface area contributed by atoms with E-state index in [1.807, 2.05) is 24.3 Å². The molecule has 0 bridgehead atoms. The van der Waals surface area contributed by atoms with Crippen LogP contribution in [0.1, 0.15) is 28.4 Å². The maximum Gasteiger partial charge on any atom is 0.251 e. The zero-order chi connectivity index (χ0) is 19.0. The molecule has 27 heavy (non-hydrogen) atoms. The van der Waals surface area contributed by atoms with Crippen molar-refractivity contribution in [3.8, 4) is 0 Å². The van der Waals surface area contributed by atoms with Crippen LogP contribution in [0.3, 0.4) is 0 Å². The van der Waals surface area contributed by atoms with Crippen LogP contribution in [0.5, 0.6) is 0 Å². The Labute approximate surface area is 162 Å². The minimum absolute atomic E-state index is 0.0186. The van der Waals surface area contributed by atoms with E-state index in [1.54, 1.807) is 19.3 Å². The molecule has 0 aliphatic carbocycles. The maximum atomic E-state index is 12.5. The average Bonchev–Trinajstić information content (AvgIpc) is 3.06. The number of nitrogens with one attached hydrogen (secondary N) is 1. The van der Waals surface area contributed by atoms with Crippen LogP contribution in [0.4, 0.5) is 0 Å². The second-order valence-corrected chi connectivity index (χ2v) is 7.69. The molecule has 142 valence electrons. The zero-order valence-corrected chi connectivity index (χ0v) is 15.9. The Kier molecular flexibility index (Phi) is 5.04. The first-order chi connectivity index (χ1) is 13.0. The molecule has 1 aromatic carbocycles. The van der Waals surface area contributed by atoms with Crippen molar-refractivity contribution in [2.75, 3.05) is 19.7 Å². The minimum atomic E-state index is -0.201. The van der Waals surface area contributed by atoms with E-state index in [9.17, 15) is 9.59 Å². The quantitative estimate of drug-likeness (QED) is 0.874. The minimum Gasteiger partial charge on any atom is -0.371 e. The fourth-order valence-electron chi connectivity index (χ4n) is 3.82. The van der Waals surface area contributed by atoms with Gasteiger partial charge in [0.1, 0.15) is 0 Å². The van der Waals surface area contributed by atoms with Gasteiger partial charge < -0.3 is 14.6 Å². The lowest BCUT2D eigenvalue weighted by Crippen LogP contribution is -2.43. The number of aromatic nitrogens is 1. The summed E-state index contributed by atoms with van der Waals surface area (Å²) in [5.41, 5.74) is 1.33. The summed E-state index contributed by atoms with van der Waals surface area (Å²) < 4.78 is 7.49. The molecule has 2 fully saturated rings. The number of rotatable bonds is 3. The van der Waals surface area contributed by atoms with E-state index in [4.69, 9.17) is 16.3 Å². The highest BCUT2D eigenvalue weighted by Crippen LogP contribution is 2.30. The molecule has 2 saturated heterocycles. The first kappa shape index (κ1) is 18.2. The molecular weight excluding hydrogens is 366 g/mol.